The second kappa shape index (κ2) is 5.55. The number of carbonyl (C=O) groups excluding carboxylic acids is 1. The average Bonchev–Trinajstić information content (AvgIpc) is 2.46. The maximum Gasteiger partial charge on any atom is 0.240 e. The van der Waals surface area contributed by atoms with Gasteiger partial charge in [0.1, 0.15) is 0 Å². The van der Waals surface area contributed by atoms with Crippen molar-refractivity contribution in [1.82, 2.24) is 10.2 Å². The minimum Gasteiger partial charge on any atom is -0.339 e. The normalized spacial score (nSPS) is 26.9. The van der Waals surface area contributed by atoms with Crippen LogP contribution in [0.25, 0.3) is 0 Å². The van der Waals surface area contributed by atoms with E-state index in [1.165, 1.54) is 11.1 Å². The van der Waals surface area contributed by atoms with Gasteiger partial charge in [-0.3, -0.25) is 4.79 Å². The van der Waals surface area contributed by atoms with E-state index < -0.39 is 0 Å². The molecule has 0 spiro atoms. The minimum atomic E-state index is -0.0369. The number of nitrogens with one attached hydrogen (secondary N) is 1. The molecule has 1 saturated heterocycles. The number of carbonyl (C=O) groups is 1. The zero-order valence-electron chi connectivity index (χ0n) is 11.3. The van der Waals surface area contributed by atoms with E-state index in [9.17, 15) is 4.79 Å². The predicted octanol–water partition coefficient (Wildman–Crippen LogP) is 1.66. The van der Waals surface area contributed by atoms with Crippen LogP contribution in [0.15, 0.2) is 24.3 Å². The molecule has 2 unspecified atom stereocenters. The van der Waals surface area contributed by atoms with Crippen LogP contribution in [0, 0.1) is 0 Å². The molecule has 3 rings (SSSR count). The first-order valence-electron chi connectivity index (χ1n) is 6.94. The van der Waals surface area contributed by atoms with Gasteiger partial charge in [-0.15, -0.1) is 0 Å². The van der Waals surface area contributed by atoms with Gasteiger partial charge >= 0.3 is 0 Å². The molecule has 1 fully saturated rings. The Labute approximate surface area is 118 Å². The van der Waals surface area contributed by atoms with Crippen LogP contribution in [0.1, 0.15) is 18.1 Å². The molecule has 0 saturated carbocycles. The van der Waals surface area contributed by atoms with Gasteiger partial charge in [0.05, 0.1) is 6.04 Å². The summed E-state index contributed by atoms with van der Waals surface area (Å²) in [5.74, 6) is 1.34. The molecule has 0 radical (unpaired) electrons. The van der Waals surface area contributed by atoms with Gasteiger partial charge in [-0.25, -0.2) is 0 Å². The van der Waals surface area contributed by atoms with Crippen LogP contribution in [-0.2, 0) is 17.8 Å². The Bertz CT molecular complexity index is 477. The van der Waals surface area contributed by atoms with E-state index in [1.54, 1.807) is 0 Å². The predicted molar refractivity (Wildman–Crippen MR) is 79.3 cm³/mol. The standard InChI is InChI=1S/C15H20N2OS/c1-11-10-17(6-7-19-11)15(18)14-8-12-4-2-3-5-13(12)9-16-14/h2-5,11,14,16H,6-10H2,1H3. The number of nitrogens with zero attached hydrogens (tertiary/aromatic N) is 1. The molecule has 2 atom stereocenters. The molecule has 2 aliphatic heterocycles. The van der Waals surface area contributed by atoms with Crippen LogP contribution in [0.4, 0.5) is 0 Å². The van der Waals surface area contributed by atoms with Crippen molar-refractivity contribution < 1.29 is 4.79 Å². The van der Waals surface area contributed by atoms with Crippen molar-refractivity contribution in [3.63, 3.8) is 0 Å². The molecule has 1 aromatic rings. The third-order valence-corrected chi connectivity index (χ3v) is 5.07. The van der Waals surface area contributed by atoms with Gasteiger partial charge in [-0.05, 0) is 17.5 Å². The summed E-state index contributed by atoms with van der Waals surface area (Å²) in [6, 6.07) is 8.37. The van der Waals surface area contributed by atoms with Crippen LogP contribution in [0.2, 0.25) is 0 Å². The summed E-state index contributed by atoms with van der Waals surface area (Å²) in [7, 11) is 0. The molecule has 102 valence electrons. The van der Waals surface area contributed by atoms with E-state index in [-0.39, 0.29) is 11.9 Å². The van der Waals surface area contributed by atoms with Gasteiger partial charge < -0.3 is 10.2 Å². The number of rotatable bonds is 1. The maximum absolute atomic E-state index is 12.6. The molecule has 0 aromatic heterocycles. The quantitative estimate of drug-likeness (QED) is 0.847. The van der Waals surface area contributed by atoms with E-state index in [0.29, 0.717) is 5.25 Å². The summed E-state index contributed by atoms with van der Waals surface area (Å²) < 4.78 is 0. The summed E-state index contributed by atoms with van der Waals surface area (Å²) in [4.78, 5) is 14.6. The Morgan fingerprint density at radius 1 is 1.37 bits per heavy atom. The third-order valence-electron chi connectivity index (χ3n) is 3.93. The molecule has 1 aromatic carbocycles. The maximum atomic E-state index is 12.6. The molecule has 4 heteroatoms. The Balaban J connectivity index is 1.69. The van der Waals surface area contributed by atoms with Gasteiger partial charge in [-0.1, -0.05) is 31.2 Å². The highest BCUT2D eigenvalue weighted by atomic mass is 32.2. The number of hydrogen-bond acceptors (Lipinski definition) is 3. The van der Waals surface area contributed by atoms with Crippen molar-refractivity contribution in [2.24, 2.45) is 0 Å². The molecule has 2 aliphatic rings. The largest absolute Gasteiger partial charge is 0.339 e. The highest BCUT2D eigenvalue weighted by Crippen LogP contribution is 2.21. The first-order chi connectivity index (χ1) is 9.24. The van der Waals surface area contributed by atoms with E-state index >= 15 is 0 Å². The number of benzene rings is 1. The van der Waals surface area contributed by atoms with Gasteiger partial charge in [0.2, 0.25) is 5.91 Å². The van der Waals surface area contributed by atoms with E-state index in [1.807, 2.05) is 16.7 Å². The molecule has 0 bridgehead atoms. The Kier molecular flexibility index (Phi) is 3.80. The summed E-state index contributed by atoms with van der Waals surface area (Å²) in [5.41, 5.74) is 2.65. The summed E-state index contributed by atoms with van der Waals surface area (Å²) in [6.45, 7) is 4.80. The molecule has 2 heterocycles. The molecule has 1 amide bonds. The minimum absolute atomic E-state index is 0.0369. The Morgan fingerprint density at radius 3 is 2.95 bits per heavy atom. The summed E-state index contributed by atoms with van der Waals surface area (Å²) in [6.07, 6.45) is 0.826. The smallest absolute Gasteiger partial charge is 0.240 e. The van der Waals surface area contributed by atoms with Crippen LogP contribution in [0.3, 0.4) is 0 Å². The zero-order valence-corrected chi connectivity index (χ0v) is 12.1. The Morgan fingerprint density at radius 2 is 2.16 bits per heavy atom. The molecule has 19 heavy (non-hydrogen) atoms. The first-order valence-corrected chi connectivity index (χ1v) is 7.99. The van der Waals surface area contributed by atoms with Crippen LogP contribution in [-0.4, -0.2) is 40.9 Å². The van der Waals surface area contributed by atoms with E-state index in [0.717, 1.165) is 31.8 Å². The lowest BCUT2D eigenvalue weighted by atomic mass is 9.95. The highest BCUT2D eigenvalue weighted by molar-refractivity contribution is 7.99. The monoisotopic (exact) mass is 276 g/mol. The van der Waals surface area contributed by atoms with E-state index in [4.69, 9.17) is 0 Å². The second-order valence-corrected chi connectivity index (χ2v) is 6.92. The molecule has 3 nitrogen and oxygen atoms in total. The lowest BCUT2D eigenvalue weighted by Crippen LogP contribution is -2.52. The fourth-order valence-electron chi connectivity index (χ4n) is 2.87. The van der Waals surface area contributed by atoms with Gasteiger partial charge in [0, 0.05) is 30.6 Å². The summed E-state index contributed by atoms with van der Waals surface area (Å²) >= 11 is 1.96. The van der Waals surface area contributed by atoms with Crippen molar-refractivity contribution >= 4 is 17.7 Å². The van der Waals surface area contributed by atoms with Crippen LogP contribution < -0.4 is 5.32 Å². The van der Waals surface area contributed by atoms with Gasteiger partial charge in [0.25, 0.3) is 0 Å². The van der Waals surface area contributed by atoms with Gasteiger partial charge in [0.15, 0.2) is 0 Å². The number of fused-ring (bicyclic) bond motifs is 1. The fourth-order valence-corrected chi connectivity index (χ4v) is 3.88. The van der Waals surface area contributed by atoms with Crippen molar-refractivity contribution in [3.8, 4) is 0 Å². The SMILES string of the molecule is CC1CN(C(=O)C2Cc3ccccc3CN2)CCS1. The molecular formula is C15H20N2OS. The van der Waals surface area contributed by atoms with Crippen LogP contribution >= 0.6 is 11.8 Å². The van der Waals surface area contributed by atoms with Crippen molar-refractivity contribution in [3.05, 3.63) is 35.4 Å². The first kappa shape index (κ1) is 13.0. The lowest BCUT2D eigenvalue weighted by Gasteiger charge is -2.35. The zero-order chi connectivity index (χ0) is 13.2. The number of hydrogen-bond donors (Lipinski definition) is 1. The summed E-state index contributed by atoms with van der Waals surface area (Å²) in [5, 5.41) is 3.95. The van der Waals surface area contributed by atoms with E-state index in [2.05, 4.69) is 36.5 Å². The van der Waals surface area contributed by atoms with Crippen LogP contribution in [0.5, 0.6) is 0 Å². The molecule has 1 N–H and O–H groups in total. The van der Waals surface area contributed by atoms with Crippen molar-refractivity contribution in [2.45, 2.75) is 31.2 Å². The third kappa shape index (κ3) is 2.79. The molecule has 0 aliphatic carbocycles. The topological polar surface area (TPSA) is 32.3 Å². The van der Waals surface area contributed by atoms with Crippen molar-refractivity contribution in [1.29, 1.82) is 0 Å². The highest BCUT2D eigenvalue weighted by Gasteiger charge is 2.30. The second-order valence-electron chi connectivity index (χ2n) is 5.37. The fraction of sp³-hybridized carbons (Fsp3) is 0.533. The molecular weight excluding hydrogens is 256 g/mol. The Hall–Kier alpha value is -1.00. The van der Waals surface area contributed by atoms with Crippen molar-refractivity contribution in [2.75, 3.05) is 18.8 Å². The lowest BCUT2D eigenvalue weighted by molar-refractivity contribution is -0.133. The average molecular weight is 276 g/mol. The number of thioether (sulfide) groups is 1. The number of amides is 1. The van der Waals surface area contributed by atoms with Gasteiger partial charge in [-0.2, -0.15) is 11.8 Å².